The topological polar surface area (TPSA) is 63.0 Å². The number of carbonyl (C=O) groups is 1. The van der Waals surface area contributed by atoms with Gasteiger partial charge in [-0.25, -0.2) is 4.79 Å². The van der Waals surface area contributed by atoms with E-state index >= 15 is 0 Å². The number of piperidine rings is 1. The Hall–Kier alpha value is -2.02. The lowest BCUT2D eigenvalue weighted by Gasteiger charge is -2.37. The van der Waals surface area contributed by atoms with Gasteiger partial charge >= 0.3 is 6.09 Å². The van der Waals surface area contributed by atoms with Crippen molar-refractivity contribution < 1.29 is 13.9 Å². The van der Waals surface area contributed by atoms with Crippen molar-refractivity contribution in [1.29, 1.82) is 0 Å². The first-order valence-corrected chi connectivity index (χ1v) is 9.09. The summed E-state index contributed by atoms with van der Waals surface area (Å²) in [6, 6.07) is 5.34. The maximum Gasteiger partial charge on any atom is 0.410 e. The number of benzene rings is 1. The lowest BCUT2D eigenvalue weighted by molar-refractivity contribution is 0.0361. The molecule has 132 valence electrons. The van der Waals surface area contributed by atoms with Gasteiger partial charge in [-0.05, 0) is 40.5 Å². The lowest BCUT2D eigenvalue weighted by atomic mass is 9.91. The largest absolute Gasteiger partial charge is 0.441 e. The number of amides is 1. The summed E-state index contributed by atoms with van der Waals surface area (Å²) in [7, 11) is 1.76. The molecule has 0 saturated carbocycles. The van der Waals surface area contributed by atoms with Crippen LogP contribution >= 0.6 is 15.9 Å². The summed E-state index contributed by atoms with van der Waals surface area (Å²) in [6.07, 6.45) is 1.18. The number of anilines is 1. The second kappa shape index (κ2) is 5.76. The average Bonchev–Trinajstić information content (AvgIpc) is 2.83. The Labute approximate surface area is 153 Å². The molecular formula is C18H19BrN2O4. The summed E-state index contributed by atoms with van der Waals surface area (Å²) in [5.74, 6) is 0.564. The van der Waals surface area contributed by atoms with Crippen LogP contribution in [0.15, 0.2) is 31.9 Å². The van der Waals surface area contributed by atoms with Crippen molar-refractivity contribution >= 4 is 38.9 Å². The van der Waals surface area contributed by atoms with Crippen molar-refractivity contribution in [1.82, 2.24) is 4.90 Å². The van der Waals surface area contributed by atoms with E-state index in [-0.39, 0.29) is 11.5 Å². The van der Waals surface area contributed by atoms with Crippen LogP contribution in [0.5, 0.6) is 0 Å². The molecule has 0 atom stereocenters. The van der Waals surface area contributed by atoms with Crippen LogP contribution in [-0.2, 0) is 4.74 Å². The predicted molar refractivity (Wildman–Crippen MR) is 98.2 cm³/mol. The first-order valence-electron chi connectivity index (χ1n) is 8.30. The van der Waals surface area contributed by atoms with Crippen LogP contribution in [0.25, 0.3) is 11.0 Å². The van der Waals surface area contributed by atoms with Gasteiger partial charge in [0.05, 0.1) is 16.4 Å². The van der Waals surface area contributed by atoms with Gasteiger partial charge in [-0.1, -0.05) is 0 Å². The molecule has 4 rings (SSSR count). The molecule has 2 fully saturated rings. The van der Waals surface area contributed by atoms with Crippen LogP contribution in [0.3, 0.4) is 0 Å². The molecule has 7 heteroatoms. The van der Waals surface area contributed by atoms with E-state index < -0.39 is 5.60 Å². The fraction of sp³-hybridized carbons (Fsp3) is 0.444. The second-order valence-corrected chi connectivity index (χ2v) is 7.82. The van der Waals surface area contributed by atoms with Gasteiger partial charge in [0.2, 0.25) is 0 Å². The molecule has 0 radical (unpaired) electrons. The molecule has 0 unspecified atom stereocenters. The highest BCUT2D eigenvalue weighted by Crippen LogP contribution is 2.35. The number of ether oxygens (including phenoxy) is 1. The smallest absolute Gasteiger partial charge is 0.410 e. The second-order valence-electron chi connectivity index (χ2n) is 6.97. The van der Waals surface area contributed by atoms with E-state index in [1.165, 1.54) is 0 Å². The molecule has 1 aromatic carbocycles. The van der Waals surface area contributed by atoms with Crippen LogP contribution in [0.2, 0.25) is 0 Å². The predicted octanol–water partition coefficient (Wildman–Crippen LogP) is 3.28. The number of carbonyl (C=O) groups excluding carboxylic acids is 1. The summed E-state index contributed by atoms with van der Waals surface area (Å²) in [4.78, 5) is 27.8. The van der Waals surface area contributed by atoms with Gasteiger partial charge in [-0.3, -0.25) is 4.79 Å². The molecule has 6 nitrogen and oxygen atoms in total. The van der Waals surface area contributed by atoms with Crippen molar-refractivity contribution in [2.45, 2.75) is 25.4 Å². The Bertz CT molecular complexity index is 915. The summed E-state index contributed by atoms with van der Waals surface area (Å²) in [5, 5.41) is 0.579. The van der Waals surface area contributed by atoms with Gasteiger partial charge in [-0.15, -0.1) is 0 Å². The van der Waals surface area contributed by atoms with E-state index in [1.54, 1.807) is 18.0 Å². The van der Waals surface area contributed by atoms with Gasteiger partial charge in [0.25, 0.3) is 0 Å². The van der Waals surface area contributed by atoms with Gasteiger partial charge in [0.1, 0.15) is 5.60 Å². The molecular weight excluding hydrogens is 388 g/mol. The quantitative estimate of drug-likeness (QED) is 0.726. The van der Waals surface area contributed by atoms with Crippen LogP contribution in [-0.4, -0.2) is 43.3 Å². The molecule has 0 bridgehead atoms. The molecule has 2 aliphatic heterocycles. The summed E-state index contributed by atoms with van der Waals surface area (Å²) >= 11 is 3.49. The highest BCUT2D eigenvalue weighted by atomic mass is 79.9. The molecule has 2 aliphatic rings. The number of hydrogen-bond donors (Lipinski definition) is 0. The molecule has 1 spiro atoms. The van der Waals surface area contributed by atoms with Gasteiger partial charge < -0.3 is 19.0 Å². The van der Waals surface area contributed by atoms with E-state index in [2.05, 4.69) is 15.9 Å². The number of hydrogen-bond acceptors (Lipinski definition) is 5. The van der Waals surface area contributed by atoms with Gasteiger partial charge in [-0.2, -0.15) is 0 Å². The zero-order valence-electron chi connectivity index (χ0n) is 14.2. The number of likely N-dealkylation sites (N-methyl/N-ethyl adjacent to an activating group) is 1. The van der Waals surface area contributed by atoms with E-state index in [0.717, 1.165) is 22.9 Å². The first kappa shape index (κ1) is 16.4. The Morgan fingerprint density at radius 3 is 2.52 bits per heavy atom. The molecule has 2 saturated heterocycles. The number of fused-ring (bicyclic) bond motifs is 1. The van der Waals surface area contributed by atoms with E-state index in [1.807, 2.05) is 24.0 Å². The molecule has 0 N–H and O–H groups in total. The van der Waals surface area contributed by atoms with Crippen molar-refractivity contribution in [3.8, 4) is 0 Å². The maximum absolute atomic E-state index is 12.5. The van der Waals surface area contributed by atoms with Crippen molar-refractivity contribution in [2.24, 2.45) is 0 Å². The monoisotopic (exact) mass is 406 g/mol. The van der Waals surface area contributed by atoms with Crippen LogP contribution in [0.1, 0.15) is 18.4 Å². The SMILES string of the molecule is Cc1cc(Br)c2oc(N3CCC4(CC3)CN(C)C(=O)O4)cc(=O)c2c1. The molecule has 1 amide bonds. The number of halogens is 1. The summed E-state index contributed by atoms with van der Waals surface area (Å²) in [6.45, 7) is 3.92. The van der Waals surface area contributed by atoms with Crippen LogP contribution in [0.4, 0.5) is 10.7 Å². The van der Waals surface area contributed by atoms with Gasteiger partial charge in [0.15, 0.2) is 16.9 Å². The average molecular weight is 407 g/mol. The number of rotatable bonds is 1. The Morgan fingerprint density at radius 2 is 1.88 bits per heavy atom. The molecule has 3 heterocycles. The first-order chi connectivity index (χ1) is 11.9. The lowest BCUT2D eigenvalue weighted by Crippen LogP contribution is -2.46. The Morgan fingerprint density at radius 1 is 1.16 bits per heavy atom. The summed E-state index contributed by atoms with van der Waals surface area (Å²) in [5.41, 5.74) is 1.12. The van der Waals surface area contributed by atoms with Crippen molar-refractivity contribution in [2.75, 3.05) is 31.6 Å². The maximum atomic E-state index is 12.5. The third-order valence-electron chi connectivity index (χ3n) is 5.04. The van der Waals surface area contributed by atoms with Crippen molar-refractivity contribution in [3.63, 3.8) is 0 Å². The zero-order valence-corrected chi connectivity index (χ0v) is 15.8. The third kappa shape index (κ3) is 2.80. The minimum Gasteiger partial charge on any atom is -0.441 e. The summed E-state index contributed by atoms with van der Waals surface area (Å²) < 4.78 is 12.4. The minimum atomic E-state index is -0.406. The Balaban J connectivity index is 1.62. The fourth-order valence-corrected chi connectivity index (χ4v) is 4.34. The fourth-order valence-electron chi connectivity index (χ4n) is 3.68. The Kier molecular flexibility index (Phi) is 3.79. The normalized spacial score (nSPS) is 19.7. The molecule has 2 aromatic rings. The molecule has 0 aliphatic carbocycles. The number of aryl methyl sites for hydroxylation is 1. The zero-order chi connectivity index (χ0) is 17.8. The molecule has 25 heavy (non-hydrogen) atoms. The number of nitrogens with zero attached hydrogens (tertiary/aromatic N) is 2. The standard InChI is InChI=1S/C18H19BrN2O4/c1-11-7-12-14(22)9-15(24-16(12)13(19)8-11)21-5-3-18(4-6-21)10-20(2)17(23)25-18/h7-9H,3-6,10H2,1-2H3. The minimum absolute atomic E-state index is 0.0482. The van der Waals surface area contributed by atoms with Crippen LogP contribution in [0, 0.1) is 6.92 Å². The third-order valence-corrected chi connectivity index (χ3v) is 5.63. The van der Waals surface area contributed by atoms with Crippen molar-refractivity contribution in [3.05, 3.63) is 38.5 Å². The molecule has 1 aromatic heterocycles. The van der Waals surface area contributed by atoms with Gasteiger partial charge in [0, 0.05) is 39.0 Å². The highest BCUT2D eigenvalue weighted by Gasteiger charge is 2.45. The highest BCUT2D eigenvalue weighted by molar-refractivity contribution is 9.10. The van der Waals surface area contributed by atoms with E-state index in [4.69, 9.17) is 9.15 Å². The van der Waals surface area contributed by atoms with E-state index in [9.17, 15) is 9.59 Å². The van der Waals surface area contributed by atoms with Crippen LogP contribution < -0.4 is 10.3 Å². The van der Waals surface area contributed by atoms with E-state index in [0.29, 0.717) is 36.5 Å².